The summed E-state index contributed by atoms with van der Waals surface area (Å²) >= 11 is 2.69. The van der Waals surface area contributed by atoms with Crippen molar-refractivity contribution in [3.63, 3.8) is 0 Å². The topological polar surface area (TPSA) is 90.3 Å². The van der Waals surface area contributed by atoms with Crippen molar-refractivity contribution in [1.29, 1.82) is 0 Å². The van der Waals surface area contributed by atoms with E-state index in [-0.39, 0.29) is 18.7 Å². The summed E-state index contributed by atoms with van der Waals surface area (Å²) in [5, 5.41) is 5.50. The SMILES string of the molecule is CCOC(=O)c1c(-c2ccc(C)cc2)csc1NC(=O)Cn1c(C)nc2sc(-c3ccccc3)cc2c1=O. The Morgan fingerprint density at radius 2 is 1.76 bits per heavy atom. The molecule has 1 amide bonds. The van der Waals surface area contributed by atoms with E-state index in [0.29, 0.717) is 32.2 Å². The third-order valence-corrected chi connectivity index (χ3v) is 8.06. The molecule has 0 saturated carbocycles. The number of carbonyl (C=O) groups excluding carboxylic acids is 2. The van der Waals surface area contributed by atoms with Crippen LogP contribution in [0.5, 0.6) is 0 Å². The van der Waals surface area contributed by atoms with Crippen molar-refractivity contribution in [2.24, 2.45) is 0 Å². The van der Waals surface area contributed by atoms with Gasteiger partial charge in [0.25, 0.3) is 5.56 Å². The van der Waals surface area contributed by atoms with Crippen LogP contribution in [-0.2, 0) is 16.1 Å². The van der Waals surface area contributed by atoms with Crippen LogP contribution in [0, 0.1) is 13.8 Å². The van der Waals surface area contributed by atoms with Gasteiger partial charge < -0.3 is 10.1 Å². The molecule has 0 unspecified atom stereocenters. The summed E-state index contributed by atoms with van der Waals surface area (Å²) in [5.74, 6) is -0.503. The van der Waals surface area contributed by atoms with E-state index < -0.39 is 11.9 Å². The number of esters is 1. The monoisotopic (exact) mass is 543 g/mol. The van der Waals surface area contributed by atoms with Crippen LogP contribution in [0.25, 0.3) is 31.8 Å². The minimum Gasteiger partial charge on any atom is -0.462 e. The number of aryl methyl sites for hydroxylation is 2. The highest BCUT2D eigenvalue weighted by molar-refractivity contribution is 7.21. The van der Waals surface area contributed by atoms with E-state index in [2.05, 4.69) is 10.3 Å². The highest BCUT2D eigenvalue weighted by Crippen LogP contribution is 2.36. The molecule has 1 N–H and O–H groups in total. The number of hydrogen-bond donors (Lipinski definition) is 1. The highest BCUT2D eigenvalue weighted by Gasteiger charge is 2.23. The van der Waals surface area contributed by atoms with Crippen LogP contribution in [0.4, 0.5) is 5.00 Å². The van der Waals surface area contributed by atoms with Gasteiger partial charge in [0.1, 0.15) is 27.8 Å². The summed E-state index contributed by atoms with van der Waals surface area (Å²) in [6, 6.07) is 19.4. The first-order valence-electron chi connectivity index (χ1n) is 12.1. The predicted octanol–water partition coefficient (Wildman–Crippen LogP) is 6.29. The molecule has 38 heavy (non-hydrogen) atoms. The summed E-state index contributed by atoms with van der Waals surface area (Å²) in [4.78, 5) is 45.5. The average Bonchev–Trinajstić information content (AvgIpc) is 3.52. The maximum absolute atomic E-state index is 13.3. The van der Waals surface area contributed by atoms with Crippen molar-refractivity contribution in [3.05, 3.63) is 93.3 Å². The Hall–Kier alpha value is -4.08. The summed E-state index contributed by atoms with van der Waals surface area (Å²) in [6.07, 6.45) is 0. The zero-order chi connectivity index (χ0) is 26.8. The lowest BCUT2D eigenvalue weighted by Crippen LogP contribution is -2.30. The fourth-order valence-electron chi connectivity index (χ4n) is 4.16. The number of amides is 1. The molecule has 3 heterocycles. The molecule has 0 aliphatic carbocycles. The van der Waals surface area contributed by atoms with Gasteiger partial charge in [0, 0.05) is 15.8 Å². The zero-order valence-corrected chi connectivity index (χ0v) is 22.7. The minimum atomic E-state index is -0.511. The quantitative estimate of drug-likeness (QED) is 0.244. The van der Waals surface area contributed by atoms with Crippen molar-refractivity contribution >= 4 is 49.8 Å². The van der Waals surface area contributed by atoms with E-state index in [1.807, 2.05) is 73.0 Å². The molecule has 7 nitrogen and oxygen atoms in total. The van der Waals surface area contributed by atoms with Gasteiger partial charge in [-0.3, -0.25) is 14.2 Å². The van der Waals surface area contributed by atoms with Crippen molar-refractivity contribution in [1.82, 2.24) is 9.55 Å². The van der Waals surface area contributed by atoms with E-state index >= 15 is 0 Å². The van der Waals surface area contributed by atoms with Gasteiger partial charge in [0.2, 0.25) is 5.91 Å². The number of rotatable bonds is 7. The molecule has 9 heteroatoms. The average molecular weight is 544 g/mol. The first kappa shape index (κ1) is 25.6. The molecule has 0 radical (unpaired) electrons. The third kappa shape index (κ3) is 5.03. The van der Waals surface area contributed by atoms with Crippen molar-refractivity contribution in [2.75, 3.05) is 11.9 Å². The number of thiophene rings is 2. The smallest absolute Gasteiger partial charge is 0.341 e. The van der Waals surface area contributed by atoms with Crippen LogP contribution >= 0.6 is 22.7 Å². The van der Waals surface area contributed by atoms with Crippen LogP contribution in [0.2, 0.25) is 0 Å². The van der Waals surface area contributed by atoms with E-state index in [1.165, 1.54) is 27.2 Å². The number of carbonyl (C=O) groups is 2. The molecular formula is C29H25N3O4S2. The van der Waals surface area contributed by atoms with E-state index in [0.717, 1.165) is 21.6 Å². The highest BCUT2D eigenvalue weighted by atomic mass is 32.1. The van der Waals surface area contributed by atoms with Gasteiger partial charge in [-0.05, 0) is 38.0 Å². The van der Waals surface area contributed by atoms with Gasteiger partial charge in [-0.15, -0.1) is 22.7 Å². The maximum Gasteiger partial charge on any atom is 0.341 e. The largest absolute Gasteiger partial charge is 0.462 e. The lowest BCUT2D eigenvalue weighted by atomic mass is 10.0. The van der Waals surface area contributed by atoms with E-state index in [9.17, 15) is 14.4 Å². The van der Waals surface area contributed by atoms with Gasteiger partial charge in [0.05, 0.1) is 12.0 Å². The molecule has 2 aromatic carbocycles. The minimum absolute atomic E-state index is 0.210. The molecule has 0 saturated heterocycles. The van der Waals surface area contributed by atoms with Crippen LogP contribution < -0.4 is 10.9 Å². The summed E-state index contributed by atoms with van der Waals surface area (Å²) in [7, 11) is 0. The molecule has 5 rings (SSSR count). The van der Waals surface area contributed by atoms with Crippen LogP contribution in [-0.4, -0.2) is 28.0 Å². The van der Waals surface area contributed by atoms with Crippen LogP contribution in [0.1, 0.15) is 28.7 Å². The van der Waals surface area contributed by atoms with E-state index in [4.69, 9.17) is 4.74 Å². The second kappa shape index (κ2) is 10.7. The first-order valence-corrected chi connectivity index (χ1v) is 13.8. The molecular weight excluding hydrogens is 518 g/mol. The molecule has 0 spiro atoms. The number of nitrogens with zero attached hydrogens (tertiary/aromatic N) is 2. The molecule has 0 aliphatic rings. The first-order chi connectivity index (χ1) is 18.4. The standard InChI is InChI=1S/C29H25N3O4S2/c1-4-36-29(35)25-22(19-12-10-17(2)11-13-19)16-37-27(25)31-24(33)15-32-18(3)30-26-21(28(32)34)14-23(38-26)20-8-6-5-7-9-20/h5-14,16H,4,15H2,1-3H3,(H,31,33). The fraction of sp³-hybridized carbons (Fsp3) is 0.172. The Kier molecular flexibility index (Phi) is 7.22. The molecule has 3 aromatic heterocycles. The van der Waals surface area contributed by atoms with Gasteiger partial charge in [0.15, 0.2) is 0 Å². The van der Waals surface area contributed by atoms with Gasteiger partial charge >= 0.3 is 5.97 Å². The number of nitrogens with one attached hydrogen (secondary N) is 1. The number of fused-ring (bicyclic) bond motifs is 1. The summed E-state index contributed by atoms with van der Waals surface area (Å²) < 4.78 is 6.65. The molecule has 0 aliphatic heterocycles. The Morgan fingerprint density at radius 1 is 1.03 bits per heavy atom. The number of hydrogen-bond acceptors (Lipinski definition) is 7. The maximum atomic E-state index is 13.3. The molecule has 192 valence electrons. The Balaban J connectivity index is 1.45. The van der Waals surface area contributed by atoms with Gasteiger partial charge in [-0.25, -0.2) is 9.78 Å². The van der Waals surface area contributed by atoms with Gasteiger partial charge in [-0.2, -0.15) is 0 Å². The molecule has 0 atom stereocenters. The Morgan fingerprint density at radius 3 is 2.47 bits per heavy atom. The van der Waals surface area contributed by atoms with Crippen molar-refractivity contribution < 1.29 is 14.3 Å². The predicted molar refractivity (Wildman–Crippen MR) is 153 cm³/mol. The fourth-order valence-corrected chi connectivity index (χ4v) is 6.21. The summed E-state index contributed by atoms with van der Waals surface area (Å²) in [5.41, 5.74) is 3.67. The second-order valence-electron chi connectivity index (χ2n) is 8.73. The molecule has 5 aromatic rings. The molecule has 0 bridgehead atoms. The number of ether oxygens (including phenoxy) is 1. The zero-order valence-electron chi connectivity index (χ0n) is 21.1. The van der Waals surface area contributed by atoms with Crippen LogP contribution in [0.3, 0.4) is 0 Å². The van der Waals surface area contributed by atoms with Gasteiger partial charge in [-0.1, -0.05) is 60.2 Å². The number of benzene rings is 2. The summed E-state index contributed by atoms with van der Waals surface area (Å²) in [6.45, 7) is 5.41. The van der Waals surface area contributed by atoms with Crippen molar-refractivity contribution in [3.8, 4) is 21.6 Å². The lowest BCUT2D eigenvalue weighted by Gasteiger charge is -2.11. The van der Waals surface area contributed by atoms with Crippen molar-refractivity contribution in [2.45, 2.75) is 27.3 Å². The lowest BCUT2D eigenvalue weighted by molar-refractivity contribution is -0.116. The number of aromatic nitrogens is 2. The normalized spacial score (nSPS) is 11.0. The van der Waals surface area contributed by atoms with Crippen LogP contribution in [0.15, 0.2) is 70.8 Å². The number of anilines is 1. The second-order valence-corrected chi connectivity index (χ2v) is 10.6. The molecule has 0 fully saturated rings. The Bertz CT molecular complexity index is 1700. The Labute approximate surface area is 227 Å². The third-order valence-electron chi connectivity index (χ3n) is 6.09. The van der Waals surface area contributed by atoms with E-state index in [1.54, 1.807) is 13.8 Å².